The van der Waals surface area contributed by atoms with Crippen LogP contribution in [-0.4, -0.2) is 49.9 Å². The number of hydrogen-bond acceptors (Lipinski definition) is 7. The predicted molar refractivity (Wildman–Crippen MR) is 284 cm³/mol. The molecule has 0 bridgehead atoms. The molecule has 9 heteroatoms. The molecule has 2 atom stereocenters. The summed E-state index contributed by atoms with van der Waals surface area (Å²) in [6.45, 7) is 4.80. The second-order valence-electron chi connectivity index (χ2n) is 18.1. The van der Waals surface area contributed by atoms with Crippen LogP contribution in [0, 0.1) is 0 Å². The van der Waals surface area contributed by atoms with Gasteiger partial charge in [-0.1, -0.05) is 228 Å². The highest BCUT2D eigenvalue weighted by atomic mass is 31.2. The number of esters is 1. The SMILES string of the molecule is CC/C=C\C/C=C\C/C=C\C/C=C\C/C=C\CCCCCCCC(=O)OC(COCCCCCCCCCCCCCCCC/C=C\CCCCCCCCCC)COP(=O)(O)OCCN. The van der Waals surface area contributed by atoms with Crippen molar-refractivity contribution in [3.63, 3.8) is 0 Å². The highest BCUT2D eigenvalue weighted by Crippen LogP contribution is 2.43. The molecule has 3 N–H and O–H groups in total. The molecule has 384 valence electrons. The quantitative estimate of drug-likeness (QED) is 0.0268. The van der Waals surface area contributed by atoms with Gasteiger partial charge in [-0.2, -0.15) is 0 Å². The second kappa shape index (κ2) is 53.9. The third kappa shape index (κ3) is 52.9. The molecule has 0 radical (unpaired) electrons. The van der Waals surface area contributed by atoms with E-state index >= 15 is 0 Å². The summed E-state index contributed by atoms with van der Waals surface area (Å²) in [4.78, 5) is 22.6. The number of rotatable bonds is 52. The Balaban J connectivity index is 3.93. The average Bonchev–Trinajstić information content (AvgIpc) is 3.31. The van der Waals surface area contributed by atoms with Gasteiger partial charge in [0.25, 0.3) is 0 Å². The van der Waals surface area contributed by atoms with Gasteiger partial charge in [-0.25, -0.2) is 4.57 Å². The van der Waals surface area contributed by atoms with E-state index in [0.29, 0.717) is 13.0 Å². The molecule has 0 aromatic carbocycles. The molecule has 0 spiro atoms. The number of ether oxygens (including phenoxy) is 2. The summed E-state index contributed by atoms with van der Waals surface area (Å²) in [6.07, 6.45) is 69.5. The zero-order valence-corrected chi connectivity index (χ0v) is 43.8. The first-order valence-electron chi connectivity index (χ1n) is 27.4. The zero-order chi connectivity index (χ0) is 48.0. The molecule has 0 heterocycles. The average molecular weight is 946 g/mol. The second-order valence-corrected chi connectivity index (χ2v) is 19.5. The Kier molecular flexibility index (Phi) is 52.2. The summed E-state index contributed by atoms with van der Waals surface area (Å²) in [5, 5.41) is 0. The number of phosphoric ester groups is 1. The minimum absolute atomic E-state index is 0.0943. The summed E-state index contributed by atoms with van der Waals surface area (Å²) in [5.74, 6) is -0.347. The molecular formula is C57H104NO7P. The largest absolute Gasteiger partial charge is 0.472 e. The topological polar surface area (TPSA) is 117 Å². The lowest BCUT2D eigenvalue weighted by Crippen LogP contribution is -2.28. The minimum atomic E-state index is -4.29. The van der Waals surface area contributed by atoms with Crippen LogP contribution in [0.4, 0.5) is 0 Å². The first-order chi connectivity index (χ1) is 32.4. The minimum Gasteiger partial charge on any atom is -0.457 e. The van der Waals surface area contributed by atoms with Crippen molar-refractivity contribution in [2.24, 2.45) is 5.73 Å². The number of unbranched alkanes of at least 4 members (excludes halogenated alkanes) is 27. The fourth-order valence-electron chi connectivity index (χ4n) is 7.61. The van der Waals surface area contributed by atoms with Crippen LogP contribution in [0.5, 0.6) is 0 Å². The van der Waals surface area contributed by atoms with Crippen LogP contribution in [0.15, 0.2) is 72.9 Å². The van der Waals surface area contributed by atoms with Crippen molar-refractivity contribution in [3.8, 4) is 0 Å². The maximum absolute atomic E-state index is 12.7. The fourth-order valence-corrected chi connectivity index (χ4v) is 8.37. The molecule has 0 aliphatic rings. The molecule has 0 aliphatic carbocycles. The van der Waals surface area contributed by atoms with Crippen molar-refractivity contribution in [2.45, 2.75) is 251 Å². The van der Waals surface area contributed by atoms with Crippen LogP contribution in [0.1, 0.15) is 245 Å². The Morgan fingerprint density at radius 2 is 0.848 bits per heavy atom. The van der Waals surface area contributed by atoms with Gasteiger partial charge < -0.3 is 20.1 Å². The van der Waals surface area contributed by atoms with E-state index in [4.69, 9.17) is 24.3 Å². The normalized spacial score (nSPS) is 13.8. The molecule has 66 heavy (non-hydrogen) atoms. The Morgan fingerprint density at radius 3 is 1.29 bits per heavy atom. The van der Waals surface area contributed by atoms with Gasteiger partial charge in [-0.05, 0) is 83.5 Å². The monoisotopic (exact) mass is 946 g/mol. The van der Waals surface area contributed by atoms with Gasteiger partial charge in [0.2, 0.25) is 0 Å². The number of nitrogens with two attached hydrogens (primary N) is 1. The van der Waals surface area contributed by atoms with Crippen LogP contribution >= 0.6 is 7.82 Å². The molecule has 0 rings (SSSR count). The van der Waals surface area contributed by atoms with Gasteiger partial charge in [-0.15, -0.1) is 0 Å². The van der Waals surface area contributed by atoms with E-state index in [1.807, 2.05) is 0 Å². The standard InChI is InChI=1S/C57H104NO7P/c1-3-5-7-9-11-13-15-17-19-21-23-25-26-27-28-29-31-33-35-37-39-41-43-45-47-49-52-62-54-56(55-64-66(60,61)63-53-51-58)65-57(59)50-48-46-44-42-40-38-36-34-32-30-24-22-20-18-16-14-12-10-8-6-4-2/h6,8,12,14,18,20-21,23-24,30,34,36,56H,3-5,7,9-11,13,15-17,19,22,25-29,31-33,35,37-55,58H2,1-2H3,(H,60,61)/b8-6-,14-12-,20-18-,23-21-,30-24-,36-34-. The first kappa shape index (κ1) is 63.9. The highest BCUT2D eigenvalue weighted by molar-refractivity contribution is 7.47. The molecule has 0 aliphatic heterocycles. The van der Waals surface area contributed by atoms with Crippen LogP contribution in [0.25, 0.3) is 0 Å². The van der Waals surface area contributed by atoms with E-state index in [-0.39, 0.29) is 32.3 Å². The van der Waals surface area contributed by atoms with Gasteiger partial charge >= 0.3 is 13.8 Å². The zero-order valence-electron chi connectivity index (χ0n) is 42.9. The third-order valence-corrected chi connectivity index (χ3v) is 12.6. The van der Waals surface area contributed by atoms with Crippen LogP contribution in [0.2, 0.25) is 0 Å². The van der Waals surface area contributed by atoms with Gasteiger partial charge in [0.05, 0.1) is 19.8 Å². The number of hydrogen-bond donors (Lipinski definition) is 2. The lowest BCUT2D eigenvalue weighted by molar-refractivity contribution is -0.154. The summed E-state index contributed by atoms with van der Waals surface area (Å²) < 4.78 is 33.6. The summed E-state index contributed by atoms with van der Waals surface area (Å²) in [6, 6.07) is 0. The number of carbonyl (C=O) groups excluding carboxylic acids is 1. The van der Waals surface area contributed by atoms with E-state index < -0.39 is 13.9 Å². The van der Waals surface area contributed by atoms with Gasteiger partial charge in [-0.3, -0.25) is 13.8 Å². The molecule has 0 aromatic rings. The van der Waals surface area contributed by atoms with Crippen molar-refractivity contribution >= 4 is 13.8 Å². The first-order valence-corrected chi connectivity index (χ1v) is 28.9. The Bertz CT molecular complexity index is 1250. The number of carbonyl (C=O) groups is 1. The Morgan fingerprint density at radius 1 is 0.470 bits per heavy atom. The third-order valence-electron chi connectivity index (χ3n) is 11.6. The van der Waals surface area contributed by atoms with Crippen LogP contribution in [-0.2, 0) is 27.9 Å². The van der Waals surface area contributed by atoms with Crippen molar-refractivity contribution < 1.29 is 32.8 Å². The molecule has 0 fully saturated rings. The maximum atomic E-state index is 12.7. The molecule has 2 unspecified atom stereocenters. The van der Waals surface area contributed by atoms with Crippen molar-refractivity contribution in [1.29, 1.82) is 0 Å². The van der Waals surface area contributed by atoms with Crippen molar-refractivity contribution in [2.75, 3.05) is 33.0 Å². The van der Waals surface area contributed by atoms with E-state index in [2.05, 4.69) is 86.8 Å². The van der Waals surface area contributed by atoms with E-state index in [1.165, 1.54) is 141 Å². The van der Waals surface area contributed by atoms with Gasteiger partial charge in [0.15, 0.2) is 0 Å². The van der Waals surface area contributed by atoms with E-state index in [1.54, 1.807) is 0 Å². The molecule has 0 amide bonds. The predicted octanol–water partition coefficient (Wildman–Crippen LogP) is 17.4. The molecule has 0 aromatic heterocycles. The van der Waals surface area contributed by atoms with E-state index in [9.17, 15) is 14.3 Å². The molecule has 8 nitrogen and oxygen atoms in total. The summed E-state index contributed by atoms with van der Waals surface area (Å²) in [7, 11) is -4.29. The molecule has 0 saturated carbocycles. The lowest BCUT2D eigenvalue weighted by atomic mass is 10.0. The number of phosphoric acid groups is 1. The van der Waals surface area contributed by atoms with E-state index in [0.717, 1.165) is 83.5 Å². The summed E-state index contributed by atoms with van der Waals surface area (Å²) >= 11 is 0. The van der Waals surface area contributed by atoms with Crippen molar-refractivity contribution in [3.05, 3.63) is 72.9 Å². The Hall–Kier alpha value is -2.06. The highest BCUT2D eigenvalue weighted by Gasteiger charge is 2.25. The van der Waals surface area contributed by atoms with Crippen molar-refractivity contribution in [1.82, 2.24) is 0 Å². The van der Waals surface area contributed by atoms with Gasteiger partial charge in [0, 0.05) is 19.6 Å². The van der Waals surface area contributed by atoms with Crippen LogP contribution < -0.4 is 5.73 Å². The molecular weight excluding hydrogens is 842 g/mol. The lowest BCUT2D eigenvalue weighted by Gasteiger charge is -2.20. The summed E-state index contributed by atoms with van der Waals surface area (Å²) in [5.41, 5.74) is 5.40. The maximum Gasteiger partial charge on any atom is 0.472 e. The fraction of sp³-hybridized carbons (Fsp3) is 0.772. The Labute approximate surface area is 407 Å². The number of allylic oxidation sites excluding steroid dienone is 12. The van der Waals surface area contributed by atoms with Gasteiger partial charge in [0.1, 0.15) is 6.10 Å². The smallest absolute Gasteiger partial charge is 0.457 e. The van der Waals surface area contributed by atoms with Crippen LogP contribution in [0.3, 0.4) is 0 Å². The molecule has 0 saturated heterocycles.